The number of rotatable bonds is 2. The Hall–Kier alpha value is -2.20. The number of nitrogens with zero attached hydrogens (tertiary/aromatic N) is 3. The summed E-state index contributed by atoms with van der Waals surface area (Å²) < 4.78 is 0. The molecule has 2 heterocycles. The molecular formula is C17H17ClN4. The van der Waals surface area contributed by atoms with Crippen molar-refractivity contribution in [3.05, 3.63) is 53.6 Å². The summed E-state index contributed by atoms with van der Waals surface area (Å²) in [4.78, 5) is 12.8. The van der Waals surface area contributed by atoms with Gasteiger partial charge < -0.3 is 14.8 Å². The lowest BCUT2D eigenvalue weighted by Gasteiger charge is -2.35. The molecule has 22 heavy (non-hydrogen) atoms. The third kappa shape index (κ3) is 2.50. The SMILES string of the molecule is Clc1ccc2nc(N3CCN(c4ccccc4)CC3)[nH]c2c1. The molecule has 0 saturated carbocycles. The van der Waals surface area contributed by atoms with Crippen molar-refractivity contribution in [2.24, 2.45) is 0 Å². The summed E-state index contributed by atoms with van der Waals surface area (Å²) >= 11 is 6.03. The molecule has 1 aromatic heterocycles. The van der Waals surface area contributed by atoms with Gasteiger partial charge in [-0.3, -0.25) is 0 Å². The fourth-order valence-electron chi connectivity index (χ4n) is 2.93. The maximum atomic E-state index is 6.03. The van der Waals surface area contributed by atoms with Crippen molar-refractivity contribution >= 4 is 34.3 Å². The highest BCUT2D eigenvalue weighted by atomic mass is 35.5. The van der Waals surface area contributed by atoms with Crippen LogP contribution in [-0.2, 0) is 0 Å². The number of imidazole rings is 1. The molecule has 0 aliphatic carbocycles. The van der Waals surface area contributed by atoms with Crippen molar-refractivity contribution < 1.29 is 0 Å². The zero-order chi connectivity index (χ0) is 14.9. The van der Waals surface area contributed by atoms with Crippen molar-refractivity contribution in [3.8, 4) is 0 Å². The Bertz CT molecular complexity index is 776. The molecule has 112 valence electrons. The summed E-state index contributed by atoms with van der Waals surface area (Å²) in [6, 6.07) is 16.3. The van der Waals surface area contributed by atoms with Crippen LogP contribution in [0.2, 0.25) is 5.02 Å². The maximum absolute atomic E-state index is 6.03. The summed E-state index contributed by atoms with van der Waals surface area (Å²) in [5.41, 5.74) is 3.25. The highest BCUT2D eigenvalue weighted by Gasteiger charge is 2.19. The first-order chi connectivity index (χ1) is 10.8. The lowest BCUT2D eigenvalue weighted by molar-refractivity contribution is 0.643. The van der Waals surface area contributed by atoms with E-state index in [1.807, 2.05) is 18.2 Å². The molecule has 0 atom stereocenters. The standard InChI is InChI=1S/C17H17ClN4/c18-13-6-7-15-16(12-13)20-17(19-15)22-10-8-21(9-11-22)14-4-2-1-3-5-14/h1-7,12H,8-11H2,(H,19,20). The monoisotopic (exact) mass is 312 g/mol. The fraction of sp³-hybridized carbons (Fsp3) is 0.235. The van der Waals surface area contributed by atoms with Crippen LogP contribution in [0.5, 0.6) is 0 Å². The van der Waals surface area contributed by atoms with E-state index in [1.54, 1.807) is 0 Å². The first kappa shape index (κ1) is 13.5. The molecule has 4 nitrogen and oxygen atoms in total. The summed E-state index contributed by atoms with van der Waals surface area (Å²) in [7, 11) is 0. The van der Waals surface area contributed by atoms with Crippen LogP contribution in [-0.4, -0.2) is 36.1 Å². The third-order valence-electron chi connectivity index (χ3n) is 4.13. The zero-order valence-electron chi connectivity index (χ0n) is 12.2. The van der Waals surface area contributed by atoms with Gasteiger partial charge in [-0.05, 0) is 30.3 Å². The number of benzene rings is 2. The first-order valence-electron chi connectivity index (χ1n) is 7.50. The highest BCUT2D eigenvalue weighted by Crippen LogP contribution is 2.23. The summed E-state index contributed by atoms with van der Waals surface area (Å²) in [6.45, 7) is 3.93. The average molecular weight is 313 g/mol. The number of hydrogen-bond acceptors (Lipinski definition) is 3. The Kier molecular flexibility index (Phi) is 3.39. The largest absolute Gasteiger partial charge is 0.368 e. The number of piperazine rings is 1. The minimum atomic E-state index is 0.733. The number of para-hydroxylation sites is 1. The van der Waals surface area contributed by atoms with E-state index >= 15 is 0 Å². The summed E-state index contributed by atoms with van der Waals surface area (Å²) in [5, 5.41) is 0.733. The number of halogens is 1. The van der Waals surface area contributed by atoms with E-state index in [2.05, 4.69) is 50.1 Å². The van der Waals surface area contributed by atoms with Gasteiger partial charge >= 0.3 is 0 Å². The number of aromatic amines is 1. The number of hydrogen-bond donors (Lipinski definition) is 1. The lowest BCUT2D eigenvalue weighted by atomic mass is 10.2. The van der Waals surface area contributed by atoms with Crippen LogP contribution in [0.1, 0.15) is 0 Å². The van der Waals surface area contributed by atoms with Crippen molar-refractivity contribution in [3.63, 3.8) is 0 Å². The molecule has 0 radical (unpaired) electrons. The van der Waals surface area contributed by atoms with Crippen LogP contribution in [0.4, 0.5) is 11.6 Å². The van der Waals surface area contributed by atoms with E-state index in [0.717, 1.165) is 48.2 Å². The molecular weight excluding hydrogens is 296 g/mol. The predicted octanol–water partition coefficient (Wildman–Crippen LogP) is 3.54. The van der Waals surface area contributed by atoms with Gasteiger partial charge in [-0.2, -0.15) is 0 Å². The van der Waals surface area contributed by atoms with E-state index in [9.17, 15) is 0 Å². The van der Waals surface area contributed by atoms with Crippen molar-refractivity contribution in [2.45, 2.75) is 0 Å². The van der Waals surface area contributed by atoms with E-state index in [-0.39, 0.29) is 0 Å². The van der Waals surface area contributed by atoms with Gasteiger partial charge in [0.15, 0.2) is 0 Å². The van der Waals surface area contributed by atoms with E-state index in [1.165, 1.54) is 5.69 Å². The minimum Gasteiger partial charge on any atom is -0.368 e. The first-order valence-corrected chi connectivity index (χ1v) is 7.88. The van der Waals surface area contributed by atoms with Gasteiger partial charge in [0.1, 0.15) is 0 Å². The molecule has 1 N–H and O–H groups in total. The summed E-state index contributed by atoms with van der Waals surface area (Å²) in [6.07, 6.45) is 0. The highest BCUT2D eigenvalue weighted by molar-refractivity contribution is 6.31. The van der Waals surface area contributed by atoms with E-state index < -0.39 is 0 Å². The Morgan fingerprint density at radius 1 is 0.909 bits per heavy atom. The van der Waals surface area contributed by atoms with E-state index in [4.69, 9.17) is 11.6 Å². The summed E-state index contributed by atoms with van der Waals surface area (Å²) in [5.74, 6) is 0.935. The Balaban J connectivity index is 1.50. The molecule has 0 unspecified atom stereocenters. The Morgan fingerprint density at radius 3 is 2.41 bits per heavy atom. The molecule has 3 aromatic rings. The lowest BCUT2D eigenvalue weighted by Crippen LogP contribution is -2.46. The number of anilines is 2. The average Bonchev–Trinajstić information content (AvgIpc) is 2.99. The van der Waals surface area contributed by atoms with Crippen LogP contribution in [0.15, 0.2) is 48.5 Å². The molecule has 1 fully saturated rings. The Labute approximate surface area is 134 Å². The Morgan fingerprint density at radius 2 is 1.64 bits per heavy atom. The molecule has 5 heteroatoms. The van der Waals surface area contributed by atoms with Gasteiger partial charge in [-0.25, -0.2) is 4.98 Å². The van der Waals surface area contributed by atoms with Crippen LogP contribution >= 0.6 is 11.6 Å². The van der Waals surface area contributed by atoms with Crippen molar-refractivity contribution in [1.82, 2.24) is 9.97 Å². The van der Waals surface area contributed by atoms with Crippen LogP contribution < -0.4 is 9.80 Å². The molecule has 1 aliphatic heterocycles. The number of H-pyrrole nitrogens is 1. The second kappa shape index (κ2) is 5.54. The minimum absolute atomic E-state index is 0.733. The number of aromatic nitrogens is 2. The van der Waals surface area contributed by atoms with Crippen molar-refractivity contribution in [2.75, 3.05) is 36.0 Å². The molecule has 1 saturated heterocycles. The quantitative estimate of drug-likeness (QED) is 0.786. The molecule has 2 aromatic carbocycles. The van der Waals surface area contributed by atoms with Gasteiger partial charge in [-0.1, -0.05) is 29.8 Å². The van der Waals surface area contributed by atoms with Gasteiger partial charge in [0.25, 0.3) is 0 Å². The number of nitrogens with one attached hydrogen (secondary N) is 1. The molecule has 0 spiro atoms. The van der Waals surface area contributed by atoms with E-state index in [0.29, 0.717) is 0 Å². The maximum Gasteiger partial charge on any atom is 0.203 e. The van der Waals surface area contributed by atoms with Crippen LogP contribution in [0.25, 0.3) is 11.0 Å². The molecule has 0 bridgehead atoms. The zero-order valence-corrected chi connectivity index (χ0v) is 12.9. The third-order valence-corrected chi connectivity index (χ3v) is 4.37. The van der Waals surface area contributed by atoms with Crippen LogP contribution in [0, 0.1) is 0 Å². The smallest absolute Gasteiger partial charge is 0.203 e. The second-order valence-corrected chi connectivity index (χ2v) is 5.97. The normalized spacial score (nSPS) is 15.5. The van der Waals surface area contributed by atoms with Gasteiger partial charge in [0.05, 0.1) is 11.0 Å². The fourth-order valence-corrected chi connectivity index (χ4v) is 3.11. The molecule has 0 amide bonds. The topological polar surface area (TPSA) is 35.2 Å². The van der Waals surface area contributed by atoms with Gasteiger partial charge in [0, 0.05) is 36.9 Å². The second-order valence-electron chi connectivity index (χ2n) is 5.53. The van der Waals surface area contributed by atoms with Gasteiger partial charge in [0.2, 0.25) is 5.95 Å². The predicted molar refractivity (Wildman–Crippen MR) is 92.0 cm³/mol. The van der Waals surface area contributed by atoms with Crippen molar-refractivity contribution in [1.29, 1.82) is 0 Å². The number of fused-ring (bicyclic) bond motifs is 1. The van der Waals surface area contributed by atoms with Crippen LogP contribution in [0.3, 0.4) is 0 Å². The molecule has 1 aliphatic rings. The molecule has 4 rings (SSSR count). The van der Waals surface area contributed by atoms with Gasteiger partial charge in [-0.15, -0.1) is 0 Å².